The summed E-state index contributed by atoms with van der Waals surface area (Å²) in [5, 5.41) is 12.7. The first-order valence-electron chi connectivity index (χ1n) is 6.72. The first-order chi connectivity index (χ1) is 9.69. The zero-order valence-corrected chi connectivity index (χ0v) is 13.3. The number of carbonyl (C=O) groups is 2. The number of nitrogens with one attached hydrogen (secondary N) is 1. The van der Waals surface area contributed by atoms with Crippen molar-refractivity contribution in [2.45, 2.75) is 32.7 Å². The lowest BCUT2D eigenvalue weighted by Gasteiger charge is -2.23. The molecule has 1 rings (SSSR count). The Balaban J connectivity index is 2.75. The molecular formula is C15H21ClN2O3. The van der Waals surface area contributed by atoms with Gasteiger partial charge in [0.1, 0.15) is 6.54 Å². The molecule has 0 saturated heterocycles. The lowest BCUT2D eigenvalue weighted by Crippen LogP contribution is -2.41. The van der Waals surface area contributed by atoms with Gasteiger partial charge in [0.25, 0.3) is 0 Å². The van der Waals surface area contributed by atoms with Crippen molar-refractivity contribution in [3.8, 4) is 0 Å². The number of halogens is 1. The van der Waals surface area contributed by atoms with Crippen molar-refractivity contribution in [3.05, 3.63) is 29.3 Å². The van der Waals surface area contributed by atoms with Crippen molar-refractivity contribution in [2.24, 2.45) is 0 Å². The molecule has 0 bridgehead atoms. The van der Waals surface area contributed by atoms with E-state index in [1.165, 1.54) is 4.90 Å². The van der Waals surface area contributed by atoms with Crippen LogP contribution >= 0.6 is 11.6 Å². The number of carbonyl (C=O) groups excluding carboxylic acids is 1. The minimum atomic E-state index is -1.05. The lowest BCUT2D eigenvalue weighted by molar-refractivity contribution is -0.136. The minimum Gasteiger partial charge on any atom is -0.480 e. The molecule has 0 aliphatic rings. The largest absolute Gasteiger partial charge is 0.480 e. The van der Waals surface area contributed by atoms with E-state index in [1.807, 2.05) is 20.8 Å². The van der Waals surface area contributed by atoms with Gasteiger partial charge in [-0.2, -0.15) is 0 Å². The highest BCUT2D eigenvalue weighted by Crippen LogP contribution is 2.18. The normalized spacial score (nSPS) is 11.2. The van der Waals surface area contributed by atoms with Gasteiger partial charge in [0.2, 0.25) is 5.91 Å². The molecule has 0 spiro atoms. The molecule has 0 aliphatic heterocycles. The van der Waals surface area contributed by atoms with Crippen molar-refractivity contribution in [1.29, 1.82) is 0 Å². The van der Waals surface area contributed by atoms with Crippen LogP contribution in [0.1, 0.15) is 27.2 Å². The maximum atomic E-state index is 12.2. The van der Waals surface area contributed by atoms with Gasteiger partial charge in [-0.15, -0.1) is 0 Å². The van der Waals surface area contributed by atoms with Crippen LogP contribution < -0.4 is 10.2 Å². The Hall–Kier alpha value is -1.59. The molecule has 0 fully saturated rings. The maximum Gasteiger partial charge on any atom is 0.323 e. The second-order valence-corrected chi connectivity index (χ2v) is 6.21. The van der Waals surface area contributed by atoms with Crippen LogP contribution in [0.25, 0.3) is 0 Å². The smallest absolute Gasteiger partial charge is 0.323 e. The first kappa shape index (κ1) is 17.5. The molecule has 0 aromatic heterocycles. The summed E-state index contributed by atoms with van der Waals surface area (Å²) < 4.78 is 0. The number of amides is 1. The number of nitrogens with zero attached hydrogens (tertiary/aromatic N) is 1. The summed E-state index contributed by atoms with van der Waals surface area (Å²) in [7, 11) is 0. The van der Waals surface area contributed by atoms with Crippen LogP contribution in [0.15, 0.2) is 24.3 Å². The lowest BCUT2D eigenvalue weighted by atomic mass is 10.1. The predicted octanol–water partition coefficient (Wildman–Crippen LogP) is 2.54. The molecule has 1 amide bonds. The van der Waals surface area contributed by atoms with Crippen LogP contribution in [0.4, 0.5) is 5.69 Å². The van der Waals surface area contributed by atoms with Crippen LogP contribution in [-0.2, 0) is 9.59 Å². The molecule has 2 N–H and O–H groups in total. The highest BCUT2D eigenvalue weighted by Gasteiger charge is 2.19. The Labute approximate surface area is 129 Å². The van der Waals surface area contributed by atoms with Gasteiger partial charge in [0.05, 0.1) is 0 Å². The Morgan fingerprint density at radius 2 is 1.81 bits per heavy atom. The average Bonchev–Trinajstić information content (AvgIpc) is 2.35. The van der Waals surface area contributed by atoms with Crippen LogP contribution in [0.5, 0.6) is 0 Å². The molecule has 116 valence electrons. The zero-order valence-electron chi connectivity index (χ0n) is 12.5. The first-order valence-corrected chi connectivity index (χ1v) is 7.09. The quantitative estimate of drug-likeness (QED) is 0.847. The zero-order chi connectivity index (χ0) is 16.0. The van der Waals surface area contributed by atoms with E-state index in [2.05, 4.69) is 5.32 Å². The number of aliphatic carboxylic acids is 1. The molecule has 0 heterocycles. The molecular weight excluding hydrogens is 292 g/mol. The van der Waals surface area contributed by atoms with Gasteiger partial charge in [-0.05, 0) is 45.0 Å². The van der Waals surface area contributed by atoms with E-state index >= 15 is 0 Å². The number of anilines is 1. The van der Waals surface area contributed by atoms with Crippen LogP contribution in [0.3, 0.4) is 0 Å². The van der Waals surface area contributed by atoms with Gasteiger partial charge in [-0.25, -0.2) is 0 Å². The van der Waals surface area contributed by atoms with Gasteiger partial charge in [0.15, 0.2) is 0 Å². The van der Waals surface area contributed by atoms with Crippen molar-refractivity contribution in [3.63, 3.8) is 0 Å². The van der Waals surface area contributed by atoms with Gasteiger partial charge >= 0.3 is 5.97 Å². The number of rotatable bonds is 6. The summed E-state index contributed by atoms with van der Waals surface area (Å²) in [6, 6.07) is 6.54. The Kier molecular flexibility index (Phi) is 6.18. The van der Waals surface area contributed by atoms with E-state index < -0.39 is 5.97 Å². The minimum absolute atomic E-state index is 0.0851. The highest BCUT2D eigenvalue weighted by molar-refractivity contribution is 6.30. The fourth-order valence-corrected chi connectivity index (χ4v) is 1.89. The molecule has 0 radical (unpaired) electrons. The molecule has 0 atom stereocenters. The molecule has 6 heteroatoms. The number of carboxylic acids is 1. The fraction of sp³-hybridized carbons (Fsp3) is 0.467. The second kappa shape index (κ2) is 7.43. The fourth-order valence-electron chi connectivity index (χ4n) is 1.76. The van der Waals surface area contributed by atoms with E-state index in [-0.39, 0.29) is 24.4 Å². The van der Waals surface area contributed by atoms with E-state index in [0.29, 0.717) is 17.3 Å². The van der Waals surface area contributed by atoms with Crippen molar-refractivity contribution in [2.75, 3.05) is 18.0 Å². The molecule has 0 unspecified atom stereocenters. The molecule has 1 aromatic rings. The summed E-state index contributed by atoms with van der Waals surface area (Å²) in [4.78, 5) is 24.4. The topological polar surface area (TPSA) is 69.6 Å². The molecule has 21 heavy (non-hydrogen) atoms. The van der Waals surface area contributed by atoms with E-state index in [9.17, 15) is 9.59 Å². The summed E-state index contributed by atoms with van der Waals surface area (Å²) in [5.74, 6) is -1.29. The third kappa shape index (κ3) is 6.60. The average molecular weight is 313 g/mol. The van der Waals surface area contributed by atoms with E-state index in [1.54, 1.807) is 24.3 Å². The number of carboxylic acid groups (broad SMARTS) is 1. The summed E-state index contributed by atoms with van der Waals surface area (Å²) in [6.07, 6.45) is 0.229. The molecule has 0 aliphatic carbocycles. The number of hydrogen-bond acceptors (Lipinski definition) is 3. The second-order valence-electron chi connectivity index (χ2n) is 5.78. The van der Waals surface area contributed by atoms with Crippen molar-refractivity contribution < 1.29 is 14.7 Å². The summed E-state index contributed by atoms with van der Waals surface area (Å²) in [6.45, 7) is 6.14. The molecule has 0 saturated carbocycles. The standard InChI is InChI=1S/C15H21ClN2O3/c1-15(2,3)17-9-8-13(19)18(10-14(20)21)12-6-4-11(16)5-7-12/h4-7,17H,8-10H2,1-3H3,(H,20,21). The van der Waals surface area contributed by atoms with E-state index in [0.717, 1.165) is 0 Å². The summed E-state index contributed by atoms with van der Waals surface area (Å²) in [5.41, 5.74) is 0.445. The summed E-state index contributed by atoms with van der Waals surface area (Å²) >= 11 is 5.81. The monoisotopic (exact) mass is 312 g/mol. The maximum absolute atomic E-state index is 12.2. The van der Waals surface area contributed by atoms with Gasteiger partial charge in [-0.3, -0.25) is 9.59 Å². The van der Waals surface area contributed by atoms with Crippen LogP contribution in [0, 0.1) is 0 Å². The highest BCUT2D eigenvalue weighted by atomic mass is 35.5. The number of benzene rings is 1. The third-order valence-corrected chi connectivity index (χ3v) is 2.98. The predicted molar refractivity (Wildman–Crippen MR) is 83.8 cm³/mol. The van der Waals surface area contributed by atoms with Crippen LogP contribution in [0.2, 0.25) is 5.02 Å². The molecule has 5 nitrogen and oxygen atoms in total. The molecule has 1 aromatic carbocycles. The third-order valence-electron chi connectivity index (χ3n) is 2.73. The van der Waals surface area contributed by atoms with E-state index in [4.69, 9.17) is 16.7 Å². The van der Waals surface area contributed by atoms with Gasteiger partial charge < -0.3 is 15.3 Å². The van der Waals surface area contributed by atoms with Crippen molar-refractivity contribution in [1.82, 2.24) is 5.32 Å². The Bertz CT molecular complexity index is 495. The van der Waals surface area contributed by atoms with Gasteiger partial charge in [-0.1, -0.05) is 11.6 Å². The van der Waals surface area contributed by atoms with Gasteiger partial charge in [0, 0.05) is 29.2 Å². The SMILES string of the molecule is CC(C)(C)NCCC(=O)N(CC(=O)O)c1ccc(Cl)cc1. The number of hydrogen-bond donors (Lipinski definition) is 2. The Morgan fingerprint density at radius 3 is 2.29 bits per heavy atom. The van der Waals surface area contributed by atoms with Crippen molar-refractivity contribution >= 4 is 29.2 Å². The Morgan fingerprint density at radius 1 is 1.24 bits per heavy atom. The van der Waals surface area contributed by atoms with Crippen LogP contribution in [-0.4, -0.2) is 35.6 Å².